The predicted molar refractivity (Wildman–Crippen MR) is 72.3 cm³/mol. The highest BCUT2D eigenvalue weighted by atomic mass is 16.6. The van der Waals surface area contributed by atoms with E-state index in [-0.39, 0.29) is 23.5 Å². The van der Waals surface area contributed by atoms with Gasteiger partial charge in [-0.15, -0.1) is 0 Å². The number of benzene rings is 1. The normalized spacial score (nSPS) is 11.4. The van der Waals surface area contributed by atoms with Gasteiger partial charge in [0.25, 0.3) is 0 Å². The molecule has 0 aliphatic rings. The number of aliphatic carboxylic acids is 1. The zero-order valence-electron chi connectivity index (χ0n) is 11.0. The summed E-state index contributed by atoms with van der Waals surface area (Å²) >= 11 is 0. The molecule has 0 saturated carbocycles. The van der Waals surface area contributed by atoms with Crippen LogP contribution >= 0.6 is 0 Å². The number of nitrogens with one attached hydrogen (secondary N) is 1. The second kappa shape index (κ2) is 7.09. The summed E-state index contributed by atoms with van der Waals surface area (Å²) in [5, 5.41) is 31.7. The van der Waals surface area contributed by atoms with E-state index in [1.54, 1.807) is 6.07 Å². The second-order valence-corrected chi connectivity index (χ2v) is 4.28. The number of nitro groups is 1. The number of para-hydroxylation sites is 1. The molecule has 0 heterocycles. The molecule has 0 spiro atoms. The van der Waals surface area contributed by atoms with Crippen LogP contribution in [0.15, 0.2) is 18.2 Å². The Bertz CT molecular complexity index is 551. The highest BCUT2D eigenvalue weighted by molar-refractivity contribution is 5.72. The molecule has 1 aromatic rings. The van der Waals surface area contributed by atoms with Crippen molar-refractivity contribution in [2.75, 3.05) is 11.9 Å². The number of carbonyl (C=O) groups is 1. The summed E-state index contributed by atoms with van der Waals surface area (Å²) in [6.45, 7) is 1.95. The van der Waals surface area contributed by atoms with Crippen molar-refractivity contribution in [1.82, 2.24) is 0 Å². The van der Waals surface area contributed by atoms with Gasteiger partial charge in [0.2, 0.25) is 0 Å². The fourth-order valence-electron chi connectivity index (χ4n) is 1.87. The number of nitrogens with zero attached hydrogens (tertiary/aromatic N) is 2. The zero-order valence-corrected chi connectivity index (χ0v) is 11.0. The molecule has 1 rings (SSSR count). The van der Waals surface area contributed by atoms with Gasteiger partial charge in [0.15, 0.2) is 0 Å². The topological polar surface area (TPSA) is 116 Å². The quantitative estimate of drug-likeness (QED) is 0.583. The van der Waals surface area contributed by atoms with Gasteiger partial charge in [-0.05, 0) is 18.6 Å². The maximum absolute atomic E-state index is 11.0. The van der Waals surface area contributed by atoms with Crippen LogP contribution in [0.4, 0.5) is 11.4 Å². The Morgan fingerprint density at radius 3 is 2.80 bits per heavy atom. The molecule has 7 nitrogen and oxygen atoms in total. The molecule has 1 unspecified atom stereocenters. The number of carboxylic acid groups (broad SMARTS) is 1. The van der Waals surface area contributed by atoms with Crippen LogP contribution in [0.25, 0.3) is 0 Å². The largest absolute Gasteiger partial charge is 0.481 e. The number of carboxylic acids is 1. The molecule has 1 aromatic carbocycles. The number of nitro benzene ring substituents is 1. The van der Waals surface area contributed by atoms with E-state index in [2.05, 4.69) is 5.32 Å². The van der Waals surface area contributed by atoms with Crippen molar-refractivity contribution < 1.29 is 14.8 Å². The summed E-state index contributed by atoms with van der Waals surface area (Å²) in [4.78, 5) is 21.4. The summed E-state index contributed by atoms with van der Waals surface area (Å²) in [5.41, 5.74) is -0.214. The van der Waals surface area contributed by atoms with Gasteiger partial charge in [-0.1, -0.05) is 19.4 Å². The first-order valence-corrected chi connectivity index (χ1v) is 6.15. The van der Waals surface area contributed by atoms with E-state index in [0.29, 0.717) is 12.8 Å². The first kappa shape index (κ1) is 15.4. The molecule has 106 valence electrons. The fraction of sp³-hybridized carbons (Fsp3) is 0.385. The molecule has 2 N–H and O–H groups in total. The van der Waals surface area contributed by atoms with Crippen molar-refractivity contribution in [2.24, 2.45) is 5.92 Å². The van der Waals surface area contributed by atoms with Gasteiger partial charge < -0.3 is 10.4 Å². The van der Waals surface area contributed by atoms with Crippen LogP contribution < -0.4 is 5.32 Å². The molecule has 7 heteroatoms. The average Bonchev–Trinajstić information content (AvgIpc) is 2.42. The molecular weight excluding hydrogens is 262 g/mol. The monoisotopic (exact) mass is 277 g/mol. The summed E-state index contributed by atoms with van der Waals surface area (Å²) in [7, 11) is 0. The third-order valence-electron chi connectivity index (χ3n) is 2.86. The molecule has 0 fully saturated rings. The third-order valence-corrected chi connectivity index (χ3v) is 2.86. The minimum Gasteiger partial charge on any atom is -0.481 e. The van der Waals surface area contributed by atoms with Gasteiger partial charge in [0.05, 0.1) is 10.8 Å². The lowest BCUT2D eigenvalue weighted by Gasteiger charge is -2.13. The van der Waals surface area contributed by atoms with Crippen molar-refractivity contribution in [2.45, 2.75) is 19.8 Å². The van der Waals surface area contributed by atoms with E-state index in [9.17, 15) is 14.9 Å². The molecule has 0 aliphatic carbocycles. The van der Waals surface area contributed by atoms with Crippen LogP contribution in [-0.4, -0.2) is 22.5 Å². The zero-order chi connectivity index (χ0) is 15.1. The Balaban J connectivity index is 2.95. The molecular formula is C13H15N3O4. The van der Waals surface area contributed by atoms with Crippen LogP contribution in [0.3, 0.4) is 0 Å². The molecule has 0 radical (unpaired) electrons. The van der Waals surface area contributed by atoms with Gasteiger partial charge in [-0.3, -0.25) is 14.9 Å². The molecule has 1 atom stereocenters. The Morgan fingerprint density at radius 2 is 2.30 bits per heavy atom. The van der Waals surface area contributed by atoms with Gasteiger partial charge in [-0.25, -0.2) is 0 Å². The number of nitriles is 1. The Labute approximate surface area is 116 Å². The first-order valence-electron chi connectivity index (χ1n) is 6.15. The molecule has 20 heavy (non-hydrogen) atoms. The highest BCUT2D eigenvalue weighted by Gasteiger charge is 2.22. The number of hydrogen-bond acceptors (Lipinski definition) is 5. The summed E-state index contributed by atoms with van der Waals surface area (Å²) in [5.74, 6) is -1.57. The minimum atomic E-state index is -0.946. The second-order valence-electron chi connectivity index (χ2n) is 4.28. The van der Waals surface area contributed by atoms with E-state index in [0.717, 1.165) is 0 Å². The molecule has 0 aliphatic heterocycles. The van der Waals surface area contributed by atoms with E-state index >= 15 is 0 Å². The molecule has 0 aromatic heterocycles. The standard InChI is InChI=1S/C13H15N3O4/c1-2-4-10(13(17)18)8-15-11-6-3-5-9(7-14)12(11)16(19)20/h3,5-6,10,15H,2,4,8H2,1H3,(H,17,18). The Kier molecular flexibility index (Phi) is 5.47. The summed E-state index contributed by atoms with van der Waals surface area (Å²) < 4.78 is 0. The third kappa shape index (κ3) is 3.68. The summed E-state index contributed by atoms with van der Waals surface area (Å²) in [6.07, 6.45) is 1.19. The van der Waals surface area contributed by atoms with Gasteiger partial charge >= 0.3 is 11.7 Å². The molecule has 0 amide bonds. The average molecular weight is 277 g/mol. The van der Waals surface area contributed by atoms with Gasteiger partial charge in [0.1, 0.15) is 17.3 Å². The smallest absolute Gasteiger partial charge is 0.309 e. The van der Waals surface area contributed by atoms with Crippen LogP contribution in [-0.2, 0) is 4.79 Å². The van der Waals surface area contributed by atoms with Crippen molar-refractivity contribution in [3.63, 3.8) is 0 Å². The Morgan fingerprint density at radius 1 is 1.60 bits per heavy atom. The minimum absolute atomic E-state index is 0.0534. The van der Waals surface area contributed by atoms with Crippen LogP contribution in [0.2, 0.25) is 0 Å². The first-order chi connectivity index (χ1) is 9.51. The number of anilines is 1. The van der Waals surface area contributed by atoms with Crippen LogP contribution in [0.5, 0.6) is 0 Å². The number of rotatable bonds is 7. The molecule has 0 saturated heterocycles. The van der Waals surface area contributed by atoms with Gasteiger partial charge in [-0.2, -0.15) is 5.26 Å². The van der Waals surface area contributed by atoms with Crippen molar-refractivity contribution in [1.29, 1.82) is 5.26 Å². The van der Waals surface area contributed by atoms with E-state index in [1.165, 1.54) is 18.2 Å². The van der Waals surface area contributed by atoms with Crippen molar-refractivity contribution in [3.05, 3.63) is 33.9 Å². The maximum Gasteiger partial charge on any atom is 0.309 e. The van der Waals surface area contributed by atoms with E-state index in [1.807, 2.05) is 6.92 Å². The lowest BCUT2D eigenvalue weighted by atomic mass is 10.0. The van der Waals surface area contributed by atoms with E-state index in [4.69, 9.17) is 10.4 Å². The fourth-order valence-corrected chi connectivity index (χ4v) is 1.87. The van der Waals surface area contributed by atoms with E-state index < -0.39 is 16.8 Å². The number of hydrogen-bond donors (Lipinski definition) is 2. The van der Waals surface area contributed by atoms with Crippen molar-refractivity contribution in [3.8, 4) is 6.07 Å². The van der Waals surface area contributed by atoms with Crippen LogP contribution in [0.1, 0.15) is 25.3 Å². The lowest BCUT2D eigenvalue weighted by Crippen LogP contribution is -2.23. The molecule has 0 bridgehead atoms. The van der Waals surface area contributed by atoms with Gasteiger partial charge in [0, 0.05) is 6.54 Å². The Hall–Kier alpha value is -2.62. The van der Waals surface area contributed by atoms with Crippen molar-refractivity contribution >= 4 is 17.3 Å². The lowest BCUT2D eigenvalue weighted by molar-refractivity contribution is -0.384. The SMILES string of the molecule is CCCC(CNc1cccc(C#N)c1[N+](=O)[O-])C(=O)O. The van der Waals surface area contributed by atoms with Crippen LogP contribution in [0, 0.1) is 27.4 Å². The maximum atomic E-state index is 11.0. The predicted octanol–water partition coefficient (Wildman–Crippen LogP) is 2.38. The summed E-state index contributed by atoms with van der Waals surface area (Å²) in [6, 6.07) is 6.09. The highest BCUT2D eigenvalue weighted by Crippen LogP contribution is 2.28.